The SMILES string of the molecule is CCCCCOc1ccc(CO[C@@H]2[C@H]3OC(C)(C)O[C@H]3O[C@@H]2[C@@H]2COC(C)(C)O2)cc1. The Kier molecular flexibility index (Phi) is 6.91. The second-order valence-electron chi connectivity index (χ2n) is 9.41. The van der Waals surface area contributed by atoms with Crippen molar-refractivity contribution in [2.24, 2.45) is 0 Å². The minimum absolute atomic E-state index is 0.236. The quantitative estimate of drug-likeness (QED) is 0.538. The smallest absolute Gasteiger partial charge is 0.190 e. The summed E-state index contributed by atoms with van der Waals surface area (Å²) in [5.41, 5.74) is 1.06. The molecular weight excluding hydrogens is 400 g/mol. The molecule has 0 spiro atoms. The second-order valence-corrected chi connectivity index (χ2v) is 9.41. The molecule has 4 rings (SSSR count). The molecule has 0 radical (unpaired) electrons. The summed E-state index contributed by atoms with van der Waals surface area (Å²) in [6.45, 7) is 11.4. The van der Waals surface area contributed by atoms with Gasteiger partial charge in [0.05, 0.1) is 19.8 Å². The average Bonchev–Trinajstić information content (AvgIpc) is 3.33. The zero-order valence-corrected chi connectivity index (χ0v) is 19.3. The second kappa shape index (κ2) is 9.33. The summed E-state index contributed by atoms with van der Waals surface area (Å²) in [5.74, 6) is -0.454. The van der Waals surface area contributed by atoms with Crippen LogP contribution in [-0.2, 0) is 35.0 Å². The molecule has 3 heterocycles. The van der Waals surface area contributed by atoms with Gasteiger partial charge in [-0.3, -0.25) is 0 Å². The predicted octanol–water partition coefficient (Wildman–Crippen LogP) is 4.17. The van der Waals surface area contributed by atoms with Crippen molar-refractivity contribution in [3.05, 3.63) is 29.8 Å². The number of rotatable bonds is 9. The van der Waals surface area contributed by atoms with Gasteiger partial charge in [-0.15, -0.1) is 0 Å². The highest BCUT2D eigenvalue weighted by Gasteiger charge is 2.58. The zero-order valence-electron chi connectivity index (χ0n) is 19.3. The molecule has 174 valence electrons. The van der Waals surface area contributed by atoms with Crippen LogP contribution in [0.3, 0.4) is 0 Å². The van der Waals surface area contributed by atoms with E-state index in [1.165, 1.54) is 12.8 Å². The van der Waals surface area contributed by atoms with Crippen LogP contribution in [0.15, 0.2) is 24.3 Å². The summed E-state index contributed by atoms with van der Waals surface area (Å²) in [6.07, 6.45) is 1.79. The van der Waals surface area contributed by atoms with Crippen LogP contribution < -0.4 is 4.74 Å². The molecule has 0 aromatic heterocycles. The lowest BCUT2D eigenvalue weighted by Crippen LogP contribution is -2.44. The third kappa shape index (κ3) is 5.59. The van der Waals surface area contributed by atoms with Crippen molar-refractivity contribution in [1.82, 2.24) is 0 Å². The highest BCUT2D eigenvalue weighted by Crippen LogP contribution is 2.42. The maximum absolute atomic E-state index is 6.34. The first kappa shape index (κ1) is 23.0. The molecule has 3 saturated heterocycles. The third-order valence-electron chi connectivity index (χ3n) is 5.81. The van der Waals surface area contributed by atoms with Crippen molar-refractivity contribution in [3.8, 4) is 5.75 Å². The van der Waals surface area contributed by atoms with E-state index in [0.29, 0.717) is 13.2 Å². The summed E-state index contributed by atoms with van der Waals surface area (Å²) in [5, 5.41) is 0. The highest BCUT2D eigenvalue weighted by atomic mass is 16.8. The van der Waals surface area contributed by atoms with Gasteiger partial charge in [-0.1, -0.05) is 31.9 Å². The molecule has 1 aromatic rings. The molecule has 7 nitrogen and oxygen atoms in total. The monoisotopic (exact) mass is 436 g/mol. The van der Waals surface area contributed by atoms with Crippen molar-refractivity contribution in [1.29, 1.82) is 0 Å². The predicted molar refractivity (Wildman–Crippen MR) is 114 cm³/mol. The number of benzene rings is 1. The molecule has 1 aromatic carbocycles. The number of fused-ring (bicyclic) bond motifs is 1. The van der Waals surface area contributed by atoms with E-state index in [4.69, 9.17) is 33.2 Å². The minimum Gasteiger partial charge on any atom is -0.494 e. The van der Waals surface area contributed by atoms with E-state index in [-0.39, 0.29) is 24.4 Å². The van der Waals surface area contributed by atoms with Gasteiger partial charge in [0, 0.05) is 0 Å². The van der Waals surface area contributed by atoms with Crippen molar-refractivity contribution < 1.29 is 33.2 Å². The van der Waals surface area contributed by atoms with E-state index >= 15 is 0 Å². The largest absolute Gasteiger partial charge is 0.494 e. The third-order valence-corrected chi connectivity index (χ3v) is 5.81. The molecule has 0 aliphatic carbocycles. The van der Waals surface area contributed by atoms with Crippen LogP contribution in [0, 0.1) is 0 Å². The fraction of sp³-hybridized carbons (Fsp3) is 0.750. The first-order valence-electron chi connectivity index (χ1n) is 11.4. The van der Waals surface area contributed by atoms with Crippen molar-refractivity contribution in [2.45, 2.75) is 103 Å². The molecule has 3 fully saturated rings. The van der Waals surface area contributed by atoms with Gasteiger partial charge in [-0.25, -0.2) is 0 Å². The molecule has 0 N–H and O–H groups in total. The van der Waals surface area contributed by atoms with Crippen LogP contribution in [0.2, 0.25) is 0 Å². The van der Waals surface area contributed by atoms with Gasteiger partial charge in [-0.05, 0) is 51.8 Å². The molecule has 0 saturated carbocycles. The Morgan fingerprint density at radius 1 is 0.935 bits per heavy atom. The molecule has 0 bridgehead atoms. The van der Waals surface area contributed by atoms with Gasteiger partial charge < -0.3 is 33.2 Å². The Morgan fingerprint density at radius 3 is 2.39 bits per heavy atom. The van der Waals surface area contributed by atoms with Gasteiger partial charge in [0.2, 0.25) is 0 Å². The molecule has 0 amide bonds. The summed E-state index contributed by atoms with van der Waals surface area (Å²) in [4.78, 5) is 0. The average molecular weight is 437 g/mol. The normalized spacial score (nSPS) is 33.5. The Labute approximate surface area is 185 Å². The van der Waals surface area contributed by atoms with Crippen LogP contribution in [0.25, 0.3) is 0 Å². The van der Waals surface area contributed by atoms with Crippen LogP contribution in [0.1, 0.15) is 59.4 Å². The number of unbranched alkanes of at least 4 members (excludes halogenated alkanes) is 2. The molecule has 0 unspecified atom stereocenters. The number of hydrogen-bond acceptors (Lipinski definition) is 7. The molecule has 3 aliphatic heterocycles. The maximum atomic E-state index is 6.34. The van der Waals surface area contributed by atoms with Gasteiger partial charge in [0.15, 0.2) is 17.9 Å². The minimum atomic E-state index is -0.703. The van der Waals surface area contributed by atoms with Crippen molar-refractivity contribution in [2.75, 3.05) is 13.2 Å². The molecule has 3 aliphatic rings. The zero-order chi connectivity index (χ0) is 22.1. The van der Waals surface area contributed by atoms with Crippen molar-refractivity contribution in [3.63, 3.8) is 0 Å². The van der Waals surface area contributed by atoms with Gasteiger partial charge in [0.25, 0.3) is 0 Å². The fourth-order valence-corrected chi connectivity index (χ4v) is 4.29. The van der Waals surface area contributed by atoms with Crippen LogP contribution in [0.5, 0.6) is 5.75 Å². The Morgan fingerprint density at radius 2 is 1.71 bits per heavy atom. The molecule has 31 heavy (non-hydrogen) atoms. The van der Waals surface area contributed by atoms with Crippen molar-refractivity contribution >= 4 is 0 Å². The van der Waals surface area contributed by atoms with Gasteiger partial charge in [-0.2, -0.15) is 0 Å². The highest BCUT2D eigenvalue weighted by molar-refractivity contribution is 5.26. The Bertz CT molecular complexity index is 717. The summed E-state index contributed by atoms with van der Waals surface area (Å²) in [7, 11) is 0. The molecule has 5 atom stereocenters. The maximum Gasteiger partial charge on any atom is 0.190 e. The van der Waals surface area contributed by atoms with Crippen LogP contribution >= 0.6 is 0 Å². The number of hydrogen-bond donors (Lipinski definition) is 0. The Balaban J connectivity index is 1.37. The summed E-state index contributed by atoms with van der Waals surface area (Å²) >= 11 is 0. The van der Waals surface area contributed by atoms with E-state index in [0.717, 1.165) is 24.3 Å². The van der Waals surface area contributed by atoms with E-state index in [1.807, 2.05) is 52.0 Å². The first-order chi connectivity index (χ1) is 14.8. The van der Waals surface area contributed by atoms with E-state index < -0.39 is 17.9 Å². The molecule has 7 heteroatoms. The van der Waals surface area contributed by atoms with E-state index in [2.05, 4.69) is 6.92 Å². The van der Waals surface area contributed by atoms with Gasteiger partial charge >= 0.3 is 0 Å². The van der Waals surface area contributed by atoms with E-state index in [9.17, 15) is 0 Å². The standard InChI is InChI=1S/C24H36O7/c1-6-7-8-13-25-17-11-9-16(10-12-17)14-26-20-19(18-15-27-23(2,3)29-18)28-22-21(20)30-24(4,5)31-22/h9-12,18-22H,6-8,13-15H2,1-5H3/t18-,19+,20-,21+,22+/m0/s1. The van der Waals surface area contributed by atoms with E-state index in [1.54, 1.807) is 0 Å². The fourth-order valence-electron chi connectivity index (χ4n) is 4.29. The first-order valence-corrected chi connectivity index (χ1v) is 11.4. The Hall–Kier alpha value is -1.22. The lowest BCUT2D eigenvalue weighted by Gasteiger charge is -2.29. The lowest BCUT2D eigenvalue weighted by molar-refractivity contribution is -0.236. The topological polar surface area (TPSA) is 64.6 Å². The lowest BCUT2D eigenvalue weighted by atomic mass is 10.1. The van der Waals surface area contributed by atoms with Crippen LogP contribution in [0.4, 0.5) is 0 Å². The number of ether oxygens (including phenoxy) is 7. The van der Waals surface area contributed by atoms with Gasteiger partial charge in [0.1, 0.15) is 30.2 Å². The van der Waals surface area contributed by atoms with Crippen LogP contribution in [-0.4, -0.2) is 55.5 Å². The summed E-state index contributed by atoms with van der Waals surface area (Å²) in [6, 6.07) is 8.05. The molecular formula is C24H36O7. The summed E-state index contributed by atoms with van der Waals surface area (Å²) < 4.78 is 42.2.